The van der Waals surface area contributed by atoms with Gasteiger partial charge in [0, 0.05) is 32.2 Å². The number of rotatable bonds is 2. The molecule has 1 heterocycles. The Morgan fingerprint density at radius 1 is 1.22 bits per heavy atom. The van der Waals surface area contributed by atoms with E-state index in [1.54, 1.807) is 0 Å². The first-order chi connectivity index (χ1) is 8.50. The first-order valence-electron chi connectivity index (χ1n) is 5.56. The van der Waals surface area contributed by atoms with Gasteiger partial charge in [0.25, 0.3) is 5.69 Å². The van der Waals surface area contributed by atoms with Gasteiger partial charge in [0.2, 0.25) is 0 Å². The first kappa shape index (κ1) is 12.7. The van der Waals surface area contributed by atoms with Gasteiger partial charge in [-0.2, -0.15) is 0 Å². The Balaban J connectivity index is 2.41. The molecule has 1 aromatic rings. The average molecular weight is 257 g/mol. The van der Waals surface area contributed by atoms with Crippen LogP contribution in [0.4, 0.5) is 20.2 Å². The zero-order valence-corrected chi connectivity index (χ0v) is 9.90. The summed E-state index contributed by atoms with van der Waals surface area (Å²) in [5.74, 6) is -2.21. The maximum Gasteiger partial charge on any atom is 0.295 e. The molecule has 0 aromatic heterocycles. The first-order valence-corrected chi connectivity index (χ1v) is 5.56. The van der Waals surface area contributed by atoms with Crippen LogP contribution in [0.1, 0.15) is 0 Å². The van der Waals surface area contributed by atoms with Crippen molar-refractivity contribution in [3.8, 4) is 0 Å². The summed E-state index contributed by atoms with van der Waals surface area (Å²) >= 11 is 0. The lowest BCUT2D eigenvalue weighted by Crippen LogP contribution is -2.45. The summed E-state index contributed by atoms with van der Waals surface area (Å²) in [6.07, 6.45) is 0. The quantitative estimate of drug-likeness (QED) is 0.596. The highest BCUT2D eigenvalue weighted by Crippen LogP contribution is 2.33. The molecule has 0 radical (unpaired) electrons. The highest BCUT2D eigenvalue weighted by molar-refractivity contribution is 5.64. The molecular formula is C11H13F2N3O2. The van der Waals surface area contributed by atoms with E-state index < -0.39 is 22.2 Å². The maximum absolute atomic E-state index is 13.8. The molecule has 0 bridgehead atoms. The summed E-state index contributed by atoms with van der Waals surface area (Å²) in [6, 6.07) is 1.79. The maximum atomic E-state index is 13.8. The van der Waals surface area contributed by atoms with Gasteiger partial charge in [-0.3, -0.25) is 10.1 Å². The molecule has 0 saturated carbocycles. The van der Waals surface area contributed by atoms with Gasteiger partial charge in [0.05, 0.1) is 4.92 Å². The van der Waals surface area contributed by atoms with E-state index in [0.717, 1.165) is 12.1 Å². The predicted molar refractivity (Wildman–Crippen MR) is 62.7 cm³/mol. The molecule has 0 amide bonds. The van der Waals surface area contributed by atoms with E-state index in [2.05, 4.69) is 0 Å². The lowest BCUT2D eigenvalue weighted by Gasteiger charge is -2.33. The van der Waals surface area contributed by atoms with Gasteiger partial charge in [0.15, 0.2) is 17.3 Å². The second kappa shape index (κ2) is 4.85. The smallest absolute Gasteiger partial charge is 0.295 e. The third-order valence-electron chi connectivity index (χ3n) is 3.06. The SMILES string of the molecule is CN1CCN(c2c([N+](=O)[O-])ccc(F)c2F)CC1. The Kier molecular flexibility index (Phi) is 3.42. The van der Waals surface area contributed by atoms with Crippen molar-refractivity contribution in [3.05, 3.63) is 33.9 Å². The largest absolute Gasteiger partial charge is 0.361 e. The normalized spacial score (nSPS) is 16.9. The summed E-state index contributed by atoms with van der Waals surface area (Å²) in [7, 11) is 1.91. The lowest BCUT2D eigenvalue weighted by molar-refractivity contribution is -0.384. The fourth-order valence-corrected chi connectivity index (χ4v) is 2.01. The van der Waals surface area contributed by atoms with Crippen LogP contribution >= 0.6 is 0 Å². The third kappa shape index (κ3) is 2.26. The number of halogens is 2. The van der Waals surface area contributed by atoms with Gasteiger partial charge in [0.1, 0.15) is 0 Å². The highest BCUT2D eigenvalue weighted by atomic mass is 19.2. The number of nitro groups is 1. The number of nitrogens with zero attached hydrogens (tertiary/aromatic N) is 3. The monoisotopic (exact) mass is 257 g/mol. The minimum atomic E-state index is -1.14. The Labute approximate surface area is 103 Å². The molecule has 0 aliphatic carbocycles. The number of piperazine rings is 1. The van der Waals surface area contributed by atoms with Crippen LogP contribution in [0.15, 0.2) is 12.1 Å². The molecule has 5 nitrogen and oxygen atoms in total. The van der Waals surface area contributed by atoms with Gasteiger partial charge < -0.3 is 9.80 Å². The van der Waals surface area contributed by atoms with Crippen LogP contribution in [0.25, 0.3) is 0 Å². The van der Waals surface area contributed by atoms with Crippen LogP contribution in [0.3, 0.4) is 0 Å². The number of nitro benzene ring substituents is 1. The summed E-state index contributed by atoms with van der Waals surface area (Å²) < 4.78 is 27.0. The molecular weight excluding hydrogens is 244 g/mol. The lowest BCUT2D eigenvalue weighted by atomic mass is 10.2. The Morgan fingerprint density at radius 2 is 1.83 bits per heavy atom. The van der Waals surface area contributed by atoms with Crippen molar-refractivity contribution in [2.75, 3.05) is 38.1 Å². The van der Waals surface area contributed by atoms with Crippen molar-refractivity contribution in [2.45, 2.75) is 0 Å². The second-order valence-electron chi connectivity index (χ2n) is 4.28. The van der Waals surface area contributed by atoms with E-state index >= 15 is 0 Å². The van der Waals surface area contributed by atoms with E-state index in [0.29, 0.717) is 26.2 Å². The Hall–Kier alpha value is -1.76. The van der Waals surface area contributed by atoms with E-state index in [4.69, 9.17) is 0 Å². The standard InChI is InChI=1S/C11H13F2N3O2/c1-14-4-6-15(7-5-14)11-9(16(17)18)3-2-8(12)10(11)13/h2-3H,4-7H2,1H3. The van der Waals surface area contributed by atoms with Gasteiger partial charge in [-0.05, 0) is 13.1 Å². The van der Waals surface area contributed by atoms with Crippen molar-refractivity contribution >= 4 is 11.4 Å². The molecule has 0 N–H and O–H groups in total. The third-order valence-corrected chi connectivity index (χ3v) is 3.06. The summed E-state index contributed by atoms with van der Waals surface area (Å²) in [4.78, 5) is 13.7. The molecule has 98 valence electrons. The van der Waals surface area contributed by atoms with E-state index in [1.165, 1.54) is 4.90 Å². The van der Waals surface area contributed by atoms with Crippen LogP contribution in [-0.2, 0) is 0 Å². The number of likely N-dealkylation sites (N-methyl/N-ethyl adjacent to an activating group) is 1. The van der Waals surface area contributed by atoms with Crippen molar-refractivity contribution in [1.82, 2.24) is 4.90 Å². The van der Waals surface area contributed by atoms with Crippen LogP contribution in [0.5, 0.6) is 0 Å². The number of hydrogen-bond donors (Lipinski definition) is 0. The van der Waals surface area contributed by atoms with E-state index in [1.807, 2.05) is 11.9 Å². The van der Waals surface area contributed by atoms with Crippen LogP contribution in [0, 0.1) is 21.7 Å². The van der Waals surface area contributed by atoms with Crippen molar-refractivity contribution < 1.29 is 13.7 Å². The molecule has 1 aliphatic heterocycles. The fraction of sp³-hybridized carbons (Fsp3) is 0.455. The predicted octanol–water partition coefficient (Wildman–Crippen LogP) is 1.62. The molecule has 1 fully saturated rings. The van der Waals surface area contributed by atoms with Crippen LogP contribution in [-0.4, -0.2) is 43.0 Å². The molecule has 2 rings (SSSR count). The van der Waals surface area contributed by atoms with Crippen LogP contribution < -0.4 is 4.90 Å². The summed E-state index contributed by atoms with van der Waals surface area (Å²) in [5, 5.41) is 10.9. The molecule has 0 unspecified atom stereocenters. The van der Waals surface area contributed by atoms with Crippen molar-refractivity contribution in [3.63, 3.8) is 0 Å². The molecule has 1 saturated heterocycles. The molecule has 18 heavy (non-hydrogen) atoms. The Morgan fingerprint density at radius 3 is 2.39 bits per heavy atom. The number of anilines is 1. The minimum Gasteiger partial charge on any atom is -0.361 e. The van der Waals surface area contributed by atoms with Crippen molar-refractivity contribution in [2.24, 2.45) is 0 Å². The fourth-order valence-electron chi connectivity index (χ4n) is 2.01. The summed E-state index contributed by atoms with van der Waals surface area (Å²) in [5.41, 5.74) is -0.633. The van der Waals surface area contributed by atoms with E-state index in [9.17, 15) is 18.9 Å². The highest BCUT2D eigenvalue weighted by Gasteiger charge is 2.28. The molecule has 1 aromatic carbocycles. The van der Waals surface area contributed by atoms with Gasteiger partial charge in [-0.25, -0.2) is 8.78 Å². The van der Waals surface area contributed by atoms with Crippen molar-refractivity contribution in [1.29, 1.82) is 0 Å². The number of benzene rings is 1. The van der Waals surface area contributed by atoms with Gasteiger partial charge in [-0.1, -0.05) is 0 Å². The van der Waals surface area contributed by atoms with E-state index in [-0.39, 0.29) is 5.69 Å². The molecule has 0 atom stereocenters. The summed E-state index contributed by atoms with van der Waals surface area (Å²) in [6.45, 7) is 2.20. The average Bonchev–Trinajstić information content (AvgIpc) is 2.33. The molecule has 0 spiro atoms. The number of hydrogen-bond acceptors (Lipinski definition) is 4. The zero-order chi connectivity index (χ0) is 13.3. The van der Waals surface area contributed by atoms with Crippen LogP contribution in [0.2, 0.25) is 0 Å². The van der Waals surface area contributed by atoms with Gasteiger partial charge in [-0.15, -0.1) is 0 Å². The Bertz CT molecular complexity index is 474. The molecule has 1 aliphatic rings. The zero-order valence-electron chi connectivity index (χ0n) is 9.90. The molecule has 7 heteroatoms. The topological polar surface area (TPSA) is 49.6 Å². The minimum absolute atomic E-state index is 0.242. The second-order valence-corrected chi connectivity index (χ2v) is 4.28. The van der Waals surface area contributed by atoms with Gasteiger partial charge >= 0.3 is 0 Å².